The van der Waals surface area contributed by atoms with E-state index in [1.165, 1.54) is 5.56 Å². The first-order valence-electron chi connectivity index (χ1n) is 9.17. The number of nitrogens with one attached hydrogen (secondary N) is 2. The van der Waals surface area contributed by atoms with Gasteiger partial charge in [-0.2, -0.15) is 0 Å². The van der Waals surface area contributed by atoms with Crippen LogP contribution < -0.4 is 25.8 Å². The molecule has 1 amide bonds. The second-order valence-corrected chi connectivity index (χ2v) is 6.15. The summed E-state index contributed by atoms with van der Waals surface area (Å²) in [6, 6.07) is 15.8. The van der Waals surface area contributed by atoms with Crippen molar-refractivity contribution in [2.75, 3.05) is 33.9 Å². The van der Waals surface area contributed by atoms with E-state index >= 15 is 0 Å². The van der Waals surface area contributed by atoms with Crippen molar-refractivity contribution in [3.8, 4) is 11.5 Å². The Bertz CT molecular complexity index is 778. The van der Waals surface area contributed by atoms with Gasteiger partial charge >= 0.3 is 0 Å². The highest BCUT2D eigenvalue weighted by atomic mass is 16.5. The topological polar surface area (TPSA) is 98.0 Å². The molecule has 2 rings (SSSR count). The van der Waals surface area contributed by atoms with Crippen molar-refractivity contribution in [3.63, 3.8) is 0 Å². The number of nitrogens with zero attached hydrogens (tertiary/aromatic N) is 1. The second kappa shape index (κ2) is 11.5. The van der Waals surface area contributed by atoms with Gasteiger partial charge in [0.15, 0.2) is 17.5 Å². The maximum absolute atomic E-state index is 11.8. The predicted molar refractivity (Wildman–Crippen MR) is 111 cm³/mol. The Morgan fingerprint density at radius 3 is 2.32 bits per heavy atom. The average molecular weight is 384 g/mol. The van der Waals surface area contributed by atoms with Crippen LogP contribution in [0.5, 0.6) is 11.5 Å². The molecule has 7 heteroatoms. The smallest absolute Gasteiger partial charge is 0.241 e. The Labute approximate surface area is 165 Å². The summed E-state index contributed by atoms with van der Waals surface area (Å²) in [5.74, 6) is 1.48. The molecule has 0 saturated carbocycles. The highest BCUT2D eigenvalue weighted by Gasteiger charge is 2.05. The van der Waals surface area contributed by atoms with Crippen molar-refractivity contribution < 1.29 is 14.3 Å². The number of guanidine groups is 1. The molecular formula is C21H28N4O3. The van der Waals surface area contributed by atoms with Crippen LogP contribution in [-0.4, -0.2) is 45.7 Å². The molecule has 0 spiro atoms. The van der Waals surface area contributed by atoms with E-state index in [4.69, 9.17) is 15.2 Å². The lowest BCUT2D eigenvalue weighted by Gasteiger charge is -2.10. The minimum absolute atomic E-state index is 0.00395. The zero-order valence-corrected chi connectivity index (χ0v) is 16.4. The molecule has 0 aromatic heterocycles. The summed E-state index contributed by atoms with van der Waals surface area (Å²) in [7, 11) is 3.21. The highest BCUT2D eigenvalue weighted by Crippen LogP contribution is 2.27. The zero-order valence-electron chi connectivity index (χ0n) is 16.4. The number of benzene rings is 2. The van der Waals surface area contributed by atoms with Gasteiger partial charge in [-0.1, -0.05) is 36.4 Å². The Morgan fingerprint density at radius 2 is 1.61 bits per heavy atom. The number of aliphatic imine (C=N–C) groups is 1. The van der Waals surface area contributed by atoms with E-state index in [2.05, 4.69) is 15.6 Å². The summed E-state index contributed by atoms with van der Waals surface area (Å²) in [6.45, 7) is 1.18. The number of nitrogens with two attached hydrogens (primary N) is 1. The van der Waals surface area contributed by atoms with Gasteiger partial charge in [0.25, 0.3) is 0 Å². The van der Waals surface area contributed by atoms with Crippen LogP contribution in [0.4, 0.5) is 0 Å². The summed E-state index contributed by atoms with van der Waals surface area (Å²) in [5.41, 5.74) is 8.08. The van der Waals surface area contributed by atoms with Gasteiger partial charge in [-0.15, -0.1) is 0 Å². The number of methoxy groups -OCH3 is 2. The first-order chi connectivity index (χ1) is 13.6. The van der Waals surface area contributed by atoms with E-state index in [1.54, 1.807) is 14.2 Å². The maximum atomic E-state index is 11.8. The van der Waals surface area contributed by atoms with Gasteiger partial charge in [-0.25, -0.2) is 4.99 Å². The van der Waals surface area contributed by atoms with Gasteiger partial charge in [0.1, 0.15) is 6.54 Å². The van der Waals surface area contributed by atoms with Crippen molar-refractivity contribution >= 4 is 11.9 Å². The van der Waals surface area contributed by atoms with Crippen LogP contribution in [-0.2, 0) is 17.6 Å². The third kappa shape index (κ3) is 7.19. The van der Waals surface area contributed by atoms with E-state index in [9.17, 15) is 4.79 Å². The van der Waals surface area contributed by atoms with Crippen LogP contribution in [0.3, 0.4) is 0 Å². The predicted octanol–water partition coefficient (Wildman–Crippen LogP) is 1.51. The first kappa shape index (κ1) is 21.1. The average Bonchev–Trinajstić information content (AvgIpc) is 2.73. The lowest BCUT2D eigenvalue weighted by Crippen LogP contribution is -2.35. The lowest BCUT2D eigenvalue weighted by atomic mass is 10.1. The molecule has 0 saturated heterocycles. The molecule has 4 N–H and O–H groups in total. The number of rotatable bonds is 10. The van der Waals surface area contributed by atoms with Gasteiger partial charge < -0.3 is 25.8 Å². The molecule has 0 aliphatic rings. The minimum atomic E-state index is -0.152. The first-order valence-corrected chi connectivity index (χ1v) is 9.17. The second-order valence-electron chi connectivity index (χ2n) is 6.15. The van der Waals surface area contributed by atoms with Crippen molar-refractivity contribution in [1.82, 2.24) is 10.6 Å². The Hall–Kier alpha value is -3.22. The quantitative estimate of drug-likeness (QED) is 0.426. The molecular weight excluding hydrogens is 356 g/mol. The van der Waals surface area contributed by atoms with Crippen LogP contribution in [0.15, 0.2) is 53.5 Å². The maximum Gasteiger partial charge on any atom is 0.241 e. The molecule has 0 fully saturated rings. The summed E-state index contributed by atoms with van der Waals surface area (Å²) >= 11 is 0. The molecule has 2 aromatic carbocycles. The van der Waals surface area contributed by atoms with E-state index in [0.717, 1.165) is 18.4 Å². The molecule has 28 heavy (non-hydrogen) atoms. The Kier molecular flexibility index (Phi) is 8.65. The third-order valence-electron chi connectivity index (χ3n) is 4.14. The molecule has 0 heterocycles. The minimum Gasteiger partial charge on any atom is -0.493 e. The lowest BCUT2D eigenvalue weighted by molar-refractivity contribution is -0.119. The Morgan fingerprint density at radius 1 is 0.929 bits per heavy atom. The number of hydrogen-bond acceptors (Lipinski definition) is 4. The van der Waals surface area contributed by atoms with E-state index in [1.807, 2.05) is 48.5 Å². The van der Waals surface area contributed by atoms with Crippen LogP contribution in [0.2, 0.25) is 0 Å². The van der Waals surface area contributed by atoms with E-state index < -0.39 is 0 Å². The largest absolute Gasteiger partial charge is 0.493 e. The highest BCUT2D eigenvalue weighted by molar-refractivity contribution is 5.83. The number of amides is 1. The molecule has 0 atom stereocenters. The number of carbonyl (C=O) groups is 1. The number of ether oxygens (including phenoxy) is 2. The molecule has 0 aliphatic carbocycles. The normalized spacial score (nSPS) is 11.0. The summed E-state index contributed by atoms with van der Waals surface area (Å²) < 4.78 is 10.5. The van der Waals surface area contributed by atoms with Crippen molar-refractivity contribution in [1.29, 1.82) is 0 Å². The van der Waals surface area contributed by atoms with Crippen LogP contribution in [0, 0.1) is 0 Å². The molecule has 0 bridgehead atoms. The van der Waals surface area contributed by atoms with Gasteiger partial charge in [-0.05, 0) is 36.1 Å². The standard InChI is InChI=1S/C21H28N4O3/c1-27-18-9-8-17(14-19(18)28-2)11-13-24-21(22)25-15-20(26)23-12-10-16-6-4-3-5-7-16/h3-9,14H,10-13,15H2,1-2H3,(H,23,26)(H3,22,24,25). The molecule has 0 aliphatic heterocycles. The fraction of sp³-hybridized carbons (Fsp3) is 0.333. The Balaban J connectivity index is 1.67. The third-order valence-corrected chi connectivity index (χ3v) is 4.14. The SMILES string of the molecule is COc1ccc(CCNC(N)=NCC(=O)NCCc2ccccc2)cc1OC. The van der Waals surface area contributed by atoms with Crippen LogP contribution >= 0.6 is 0 Å². The van der Waals surface area contributed by atoms with Crippen molar-refractivity contribution in [2.24, 2.45) is 10.7 Å². The summed E-state index contributed by atoms with van der Waals surface area (Å²) in [5, 5.41) is 5.85. The number of carbonyl (C=O) groups excluding carboxylic acids is 1. The molecule has 2 aromatic rings. The summed E-state index contributed by atoms with van der Waals surface area (Å²) in [6.07, 6.45) is 1.52. The van der Waals surface area contributed by atoms with Gasteiger partial charge in [-0.3, -0.25) is 4.79 Å². The van der Waals surface area contributed by atoms with Gasteiger partial charge in [0, 0.05) is 13.1 Å². The molecule has 0 unspecified atom stereocenters. The van der Waals surface area contributed by atoms with E-state index in [-0.39, 0.29) is 18.4 Å². The fourth-order valence-corrected chi connectivity index (χ4v) is 2.63. The summed E-state index contributed by atoms with van der Waals surface area (Å²) in [4.78, 5) is 15.9. The van der Waals surface area contributed by atoms with Gasteiger partial charge in [0.2, 0.25) is 5.91 Å². The number of hydrogen-bond donors (Lipinski definition) is 3. The van der Waals surface area contributed by atoms with E-state index in [0.29, 0.717) is 24.6 Å². The van der Waals surface area contributed by atoms with Crippen molar-refractivity contribution in [2.45, 2.75) is 12.8 Å². The molecule has 0 radical (unpaired) electrons. The van der Waals surface area contributed by atoms with Crippen LogP contribution in [0.1, 0.15) is 11.1 Å². The molecule has 150 valence electrons. The fourth-order valence-electron chi connectivity index (χ4n) is 2.63. The van der Waals surface area contributed by atoms with Crippen LogP contribution in [0.25, 0.3) is 0 Å². The van der Waals surface area contributed by atoms with Crippen molar-refractivity contribution in [3.05, 3.63) is 59.7 Å². The monoisotopic (exact) mass is 384 g/mol. The van der Waals surface area contributed by atoms with Gasteiger partial charge in [0.05, 0.1) is 14.2 Å². The zero-order chi connectivity index (χ0) is 20.2. The molecule has 7 nitrogen and oxygen atoms in total.